The average molecular weight is 334 g/mol. The van der Waals surface area contributed by atoms with Gasteiger partial charge >= 0.3 is 0 Å². The lowest BCUT2D eigenvalue weighted by Crippen LogP contribution is -2.41. The lowest BCUT2D eigenvalue weighted by Gasteiger charge is -2.30. The van der Waals surface area contributed by atoms with Crippen LogP contribution in [0.25, 0.3) is 0 Å². The summed E-state index contributed by atoms with van der Waals surface area (Å²) >= 11 is 4.91. The zero-order valence-electron chi connectivity index (χ0n) is 11.1. The van der Waals surface area contributed by atoms with E-state index in [1.165, 1.54) is 11.3 Å². The number of halogens is 1. The molecule has 0 aliphatic rings. The third kappa shape index (κ3) is 3.80. The molecular weight excluding hydrogens is 314 g/mol. The van der Waals surface area contributed by atoms with Crippen molar-refractivity contribution >= 4 is 33.2 Å². The highest BCUT2D eigenvalue weighted by atomic mass is 79.9. The van der Waals surface area contributed by atoms with Crippen LogP contribution in [0.1, 0.15) is 36.4 Å². The topological polar surface area (TPSA) is 29.5 Å². The van der Waals surface area contributed by atoms with Gasteiger partial charge in [-0.05, 0) is 40.2 Å². The van der Waals surface area contributed by atoms with E-state index in [0.29, 0.717) is 13.2 Å². The molecule has 0 aromatic carbocycles. The van der Waals surface area contributed by atoms with Crippen molar-refractivity contribution in [2.24, 2.45) is 0 Å². The Labute approximate surface area is 121 Å². The maximum atomic E-state index is 12.5. The molecule has 0 bridgehead atoms. The molecule has 1 aromatic rings. The van der Waals surface area contributed by atoms with Crippen molar-refractivity contribution in [1.29, 1.82) is 0 Å². The van der Waals surface area contributed by atoms with Gasteiger partial charge in [0.05, 0.1) is 6.61 Å². The molecule has 0 spiro atoms. The van der Waals surface area contributed by atoms with E-state index in [2.05, 4.69) is 29.8 Å². The molecule has 0 N–H and O–H groups in total. The molecule has 0 saturated carbocycles. The second kappa shape index (κ2) is 7.92. The number of methoxy groups -OCH3 is 1. The van der Waals surface area contributed by atoms with Crippen molar-refractivity contribution in [3.8, 4) is 0 Å². The molecule has 0 atom stereocenters. The number of carbonyl (C=O) groups is 1. The maximum absolute atomic E-state index is 12.5. The van der Waals surface area contributed by atoms with Crippen LogP contribution >= 0.6 is 27.3 Å². The standard InChI is InChI=1S/C13H20BrNO2S/c1-4-10(5-2)15(7-8-17-3)13(16)12-11(14)6-9-18-12/h6,9-10H,4-5,7-8H2,1-3H3. The minimum Gasteiger partial charge on any atom is -0.383 e. The average Bonchev–Trinajstić information content (AvgIpc) is 2.80. The second-order valence-corrected chi connectivity index (χ2v) is 5.83. The zero-order valence-corrected chi connectivity index (χ0v) is 13.5. The number of carbonyl (C=O) groups excluding carboxylic acids is 1. The van der Waals surface area contributed by atoms with Gasteiger partial charge in [-0.15, -0.1) is 11.3 Å². The number of rotatable bonds is 7. The third-order valence-electron chi connectivity index (χ3n) is 2.99. The number of nitrogens with zero attached hydrogens (tertiary/aromatic N) is 1. The van der Waals surface area contributed by atoms with Crippen molar-refractivity contribution < 1.29 is 9.53 Å². The number of ether oxygens (including phenoxy) is 1. The smallest absolute Gasteiger partial charge is 0.265 e. The monoisotopic (exact) mass is 333 g/mol. The van der Waals surface area contributed by atoms with Gasteiger partial charge in [0.25, 0.3) is 5.91 Å². The Morgan fingerprint density at radius 2 is 2.17 bits per heavy atom. The maximum Gasteiger partial charge on any atom is 0.265 e. The van der Waals surface area contributed by atoms with Crippen molar-refractivity contribution in [2.75, 3.05) is 20.3 Å². The van der Waals surface area contributed by atoms with E-state index in [4.69, 9.17) is 4.74 Å². The summed E-state index contributed by atoms with van der Waals surface area (Å²) in [5, 5.41) is 1.93. The lowest BCUT2D eigenvalue weighted by molar-refractivity contribution is 0.0593. The minimum atomic E-state index is 0.0997. The Morgan fingerprint density at radius 1 is 1.50 bits per heavy atom. The molecule has 1 rings (SSSR count). The van der Waals surface area contributed by atoms with Gasteiger partial charge in [-0.1, -0.05) is 13.8 Å². The molecule has 0 saturated heterocycles. The molecule has 18 heavy (non-hydrogen) atoms. The molecule has 0 fully saturated rings. The first-order valence-corrected chi connectivity index (χ1v) is 7.85. The molecular formula is C13H20BrNO2S. The third-order valence-corrected chi connectivity index (χ3v) is 4.82. The van der Waals surface area contributed by atoms with E-state index in [1.807, 2.05) is 16.3 Å². The highest BCUT2D eigenvalue weighted by molar-refractivity contribution is 9.10. The SMILES string of the molecule is CCC(CC)N(CCOC)C(=O)c1sccc1Br. The first-order valence-electron chi connectivity index (χ1n) is 6.18. The summed E-state index contributed by atoms with van der Waals surface area (Å²) in [6, 6.07) is 2.20. The predicted octanol–water partition coefficient (Wildman–Crippen LogP) is 3.79. The number of hydrogen-bond acceptors (Lipinski definition) is 3. The molecule has 0 unspecified atom stereocenters. The van der Waals surface area contributed by atoms with Crippen LogP contribution in [0, 0.1) is 0 Å². The van der Waals surface area contributed by atoms with Crippen LogP contribution < -0.4 is 0 Å². The summed E-state index contributed by atoms with van der Waals surface area (Å²) < 4.78 is 5.99. The van der Waals surface area contributed by atoms with Crippen molar-refractivity contribution in [3.63, 3.8) is 0 Å². The zero-order chi connectivity index (χ0) is 13.5. The number of amides is 1. The first kappa shape index (κ1) is 15.7. The Morgan fingerprint density at radius 3 is 2.61 bits per heavy atom. The fourth-order valence-corrected chi connectivity index (χ4v) is 3.44. The van der Waals surface area contributed by atoms with Gasteiger partial charge in [0, 0.05) is 24.2 Å². The largest absolute Gasteiger partial charge is 0.383 e. The van der Waals surface area contributed by atoms with Gasteiger partial charge in [0.2, 0.25) is 0 Å². The van der Waals surface area contributed by atoms with Crippen LogP contribution in [0.3, 0.4) is 0 Å². The number of thiophene rings is 1. The van der Waals surface area contributed by atoms with Crippen molar-refractivity contribution in [1.82, 2.24) is 4.90 Å². The fourth-order valence-electron chi connectivity index (χ4n) is 1.95. The Bertz CT molecular complexity index is 377. The van der Waals surface area contributed by atoms with E-state index in [0.717, 1.165) is 22.2 Å². The van der Waals surface area contributed by atoms with E-state index in [-0.39, 0.29) is 11.9 Å². The van der Waals surface area contributed by atoms with Gasteiger partial charge in [-0.3, -0.25) is 4.79 Å². The molecule has 1 heterocycles. The van der Waals surface area contributed by atoms with Gasteiger partial charge in [-0.2, -0.15) is 0 Å². The highest BCUT2D eigenvalue weighted by Crippen LogP contribution is 2.25. The van der Waals surface area contributed by atoms with Crippen LogP contribution in [0.2, 0.25) is 0 Å². The first-order chi connectivity index (χ1) is 8.65. The molecule has 1 amide bonds. The van der Waals surface area contributed by atoms with E-state index < -0.39 is 0 Å². The highest BCUT2D eigenvalue weighted by Gasteiger charge is 2.24. The quantitative estimate of drug-likeness (QED) is 0.759. The normalized spacial score (nSPS) is 10.9. The van der Waals surface area contributed by atoms with E-state index in [9.17, 15) is 4.79 Å². The van der Waals surface area contributed by atoms with Gasteiger partial charge < -0.3 is 9.64 Å². The lowest BCUT2D eigenvalue weighted by atomic mass is 10.1. The Kier molecular flexibility index (Phi) is 6.89. The van der Waals surface area contributed by atoms with Crippen molar-refractivity contribution in [2.45, 2.75) is 32.7 Å². The number of hydrogen-bond donors (Lipinski definition) is 0. The van der Waals surface area contributed by atoms with Gasteiger partial charge in [0.15, 0.2) is 0 Å². The van der Waals surface area contributed by atoms with Gasteiger partial charge in [0.1, 0.15) is 4.88 Å². The summed E-state index contributed by atoms with van der Waals surface area (Å²) in [6.45, 7) is 5.45. The van der Waals surface area contributed by atoms with Crippen LogP contribution in [0.15, 0.2) is 15.9 Å². The van der Waals surface area contributed by atoms with Gasteiger partial charge in [-0.25, -0.2) is 0 Å². The molecule has 5 heteroatoms. The fraction of sp³-hybridized carbons (Fsp3) is 0.615. The molecule has 0 aliphatic heterocycles. The summed E-state index contributed by atoms with van der Waals surface area (Å²) in [4.78, 5) is 15.2. The predicted molar refractivity (Wildman–Crippen MR) is 79.3 cm³/mol. The molecule has 102 valence electrons. The van der Waals surface area contributed by atoms with Crippen molar-refractivity contribution in [3.05, 3.63) is 20.8 Å². The summed E-state index contributed by atoms with van der Waals surface area (Å²) in [5.74, 6) is 0.0997. The van der Waals surface area contributed by atoms with Crippen LogP contribution in [0.5, 0.6) is 0 Å². The second-order valence-electron chi connectivity index (χ2n) is 4.06. The summed E-state index contributed by atoms with van der Waals surface area (Å²) in [7, 11) is 1.66. The van der Waals surface area contributed by atoms with Crippen LogP contribution in [-0.2, 0) is 4.74 Å². The van der Waals surface area contributed by atoms with Crippen LogP contribution in [-0.4, -0.2) is 37.1 Å². The molecule has 0 radical (unpaired) electrons. The van der Waals surface area contributed by atoms with E-state index >= 15 is 0 Å². The Balaban J connectivity index is 2.88. The molecule has 0 aliphatic carbocycles. The minimum absolute atomic E-state index is 0.0997. The van der Waals surface area contributed by atoms with E-state index in [1.54, 1.807) is 7.11 Å². The van der Waals surface area contributed by atoms with Crippen LogP contribution in [0.4, 0.5) is 0 Å². The summed E-state index contributed by atoms with van der Waals surface area (Å²) in [5.41, 5.74) is 0. The molecule has 3 nitrogen and oxygen atoms in total. The Hall–Kier alpha value is -0.390. The summed E-state index contributed by atoms with van der Waals surface area (Å²) in [6.07, 6.45) is 1.93. The molecule has 1 aromatic heterocycles.